The minimum atomic E-state index is -0.321. The van der Waals surface area contributed by atoms with Gasteiger partial charge in [0.15, 0.2) is 0 Å². The van der Waals surface area contributed by atoms with Gasteiger partial charge in [0.25, 0.3) is 0 Å². The highest BCUT2D eigenvalue weighted by molar-refractivity contribution is 7.11. The molecule has 2 aromatic rings. The van der Waals surface area contributed by atoms with Crippen molar-refractivity contribution >= 4 is 23.0 Å². The molecule has 5 nitrogen and oxygen atoms in total. The molecule has 0 spiro atoms. The van der Waals surface area contributed by atoms with Gasteiger partial charge in [-0.1, -0.05) is 12.1 Å². The van der Waals surface area contributed by atoms with Crippen molar-refractivity contribution in [3.8, 4) is 0 Å². The molecule has 0 N–H and O–H groups in total. The molecular weight excluding hydrogens is 334 g/mol. The number of hydrogen-bond acceptors (Lipinski definition) is 6. The van der Waals surface area contributed by atoms with Crippen LogP contribution in [0.1, 0.15) is 33.5 Å². The monoisotopic (exact) mass is 359 g/mol. The number of piperazine rings is 1. The third kappa shape index (κ3) is 4.19. The molecule has 1 saturated heterocycles. The SMILES string of the molecule is CCOC(=O)c1nc(CN2CCN(c3cccc(C)c3C)CC2)cs1. The summed E-state index contributed by atoms with van der Waals surface area (Å²) in [5, 5.41) is 2.41. The number of carbonyl (C=O) groups is 1. The Morgan fingerprint density at radius 2 is 2.00 bits per heavy atom. The van der Waals surface area contributed by atoms with Crippen LogP contribution in [0.2, 0.25) is 0 Å². The Labute approximate surface area is 153 Å². The van der Waals surface area contributed by atoms with Crippen LogP contribution < -0.4 is 4.90 Å². The average molecular weight is 359 g/mol. The summed E-state index contributed by atoms with van der Waals surface area (Å²) in [6.07, 6.45) is 0. The number of rotatable bonds is 5. The Bertz CT molecular complexity index is 736. The molecule has 0 atom stereocenters. The molecule has 1 aromatic heterocycles. The van der Waals surface area contributed by atoms with E-state index < -0.39 is 0 Å². The minimum absolute atomic E-state index is 0.321. The van der Waals surface area contributed by atoms with Crippen molar-refractivity contribution in [3.63, 3.8) is 0 Å². The lowest BCUT2D eigenvalue weighted by Crippen LogP contribution is -2.46. The van der Waals surface area contributed by atoms with E-state index in [1.54, 1.807) is 0 Å². The molecule has 6 heteroatoms. The lowest BCUT2D eigenvalue weighted by molar-refractivity contribution is 0.0525. The summed E-state index contributed by atoms with van der Waals surface area (Å²) >= 11 is 1.36. The van der Waals surface area contributed by atoms with E-state index in [2.05, 4.69) is 46.8 Å². The number of aryl methyl sites for hydroxylation is 1. The fraction of sp³-hybridized carbons (Fsp3) is 0.474. The van der Waals surface area contributed by atoms with Crippen molar-refractivity contribution in [2.24, 2.45) is 0 Å². The number of thiazole rings is 1. The Hall–Kier alpha value is -1.92. The molecule has 0 amide bonds. The van der Waals surface area contributed by atoms with Gasteiger partial charge in [0.05, 0.1) is 12.3 Å². The van der Waals surface area contributed by atoms with Gasteiger partial charge in [-0.05, 0) is 38.0 Å². The van der Waals surface area contributed by atoms with Gasteiger partial charge in [0, 0.05) is 43.8 Å². The van der Waals surface area contributed by atoms with Gasteiger partial charge >= 0.3 is 5.97 Å². The lowest BCUT2D eigenvalue weighted by atomic mass is 10.1. The third-order valence-corrected chi connectivity index (χ3v) is 5.55. The quantitative estimate of drug-likeness (QED) is 0.767. The molecule has 3 rings (SSSR count). The van der Waals surface area contributed by atoms with E-state index in [0.717, 1.165) is 38.4 Å². The number of nitrogens with zero attached hydrogens (tertiary/aromatic N) is 3. The first-order chi connectivity index (χ1) is 12.1. The van der Waals surface area contributed by atoms with Crippen LogP contribution in [0.5, 0.6) is 0 Å². The number of esters is 1. The summed E-state index contributed by atoms with van der Waals surface area (Å²) in [6.45, 7) is 11.4. The zero-order chi connectivity index (χ0) is 17.8. The van der Waals surface area contributed by atoms with Gasteiger partial charge < -0.3 is 9.64 Å². The first kappa shape index (κ1) is 17.9. The first-order valence-corrected chi connectivity index (χ1v) is 9.61. The summed E-state index contributed by atoms with van der Waals surface area (Å²) in [7, 11) is 0. The lowest BCUT2D eigenvalue weighted by Gasteiger charge is -2.36. The van der Waals surface area contributed by atoms with Gasteiger partial charge in [-0.25, -0.2) is 9.78 Å². The van der Waals surface area contributed by atoms with Crippen LogP contribution in [-0.2, 0) is 11.3 Å². The first-order valence-electron chi connectivity index (χ1n) is 8.73. The number of anilines is 1. The second-order valence-electron chi connectivity index (χ2n) is 6.35. The van der Waals surface area contributed by atoms with Crippen molar-refractivity contribution in [2.75, 3.05) is 37.7 Å². The summed E-state index contributed by atoms with van der Waals surface area (Å²) < 4.78 is 5.00. The highest BCUT2D eigenvalue weighted by Crippen LogP contribution is 2.24. The average Bonchev–Trinajstić information content (AvgIpc) is 3.07. The second-order valence-corrected chi connectivity index (χ2v) is 7.20. The smallest absolute Gasteiger partial charge is 0.367 e. The molecule has 0 unspecified atom stereocenters. The fourth-order valence-corrected chi connectivity index (χ4v) is 3.82. The van der Waals surface area contributed by atoms with Gasteiger partial charge in [0.1, 0.15) is 0 Å². The number of benzene rings is 1. The molecule has 0 radical (unpaired) electrons. The number of carbonyl (C=O) groups excluding carboxylic acids is 1. The molecule has 1 aromatic carbocycles. The molecule has 0 saturated carbocycles. The van der Waals surface area contributed by atoms with Crippen LogP contribution in [0.15, 0.2) is 23.6 Å². The van der Waals surface area contributed by atoms with Crippen molar-refractivity contribution < 1.29 is 9.53 Å². The van der Waals surface area contributed by atoms with Crippen LogP contribution in [0.25, 0.3) is 0 Å². The maximum absolute atomic E-state index is 11.7. The number of ether oxygens (including phenoxy) is 1. The number of aromatic nitrogens is 1. The van der Waals surface area contributed by atoms with E-state index >= 15 is 0 Å². The van der Waals surface area contributed by atoms with Gasteiger partial charge in [-0.2, -0.15) is 0 Å². The van der Waals surface area contributed by atoms with Crippen LogP contribution in [0, 0.1) is 13.8 Å². The third-order valence-electron chi connectivity index (χ3n) is 4.68. The van der Waals surface area contributed by atoms with Gasteiger partial charge in [-0.15, -0.1) is 11.3 Å². The predicted octanol–water partition coefficient (Wildman–Crippen LogP) is 3.26. The van der Waals surface area contributed by atoms with E-state index in [0.29, 0.717) is 11.6 Å². The topological polar surface area (TPSA) is 45.7 Å². The van der Waals surface area contributed by atoms with Crippen LogP contribution >= 0.6 is 11.3 Å². The zero-order valence-electron chi connectivity index (χ0n) is 15.1. The van der Waals surface area contributed by atoms with Crippen molar-refractivity contribution in [1.29, 1.82) is 0 Å². The maximum Gasteiger partial charge on any atom is 0.367 e. The van der Waals surface area contributed by atoms with E-state index in [-0.39, 0.29) is 5.97 Å². The second kappa shape index (κ2) is 7.97. The summed E-state index contributed by atoms with van der Waals surface area (Å²) in [5.41, 5.74) is 5.01. The minimum Gasteiger partial charge on any atom is -0.461 e. The van der Waals surface area contributed by atoms with E-state index in [4.69, 9.17) is 4.74 Å². The summed E-state index contributed by atoms with van der Waals surface area (Å²) in [6, 6.07) is 6.51. The Morgan fingerprint density at radius 1 is 1.24 bits per heavy atom. The highest BCUT2D eigenvalue weighted by Gasteiger charge is 2.20. The molecule has 1 fully saturated rings. The zero-order valence-corrected chi connectivity index (χ0v) is 15.9. The van der Waals surface area contributed by atoms with Crippen molar-refractivity contribution in [3.05, 3.63) is 45.4 Å². The van der Waals surface area contributed by atoms with Crippen LogP contribution in [-0.4, -0.2) is 48.6 Å². The number of hydrogen-bond donors (Lipinski definition) is 0. The Morgan fingerprint density at radius 3 is 2.72 bits per heavy atom. The predicted molar refractivity (Wildman–Crippen MR) is 101 cm³/mol. The van der Waals surface area contributed by atoms with Crippen molar-refractivity contribution in [1.82, 2.24) is 9.88 Å². The molecular formula is C19H25N3O2S. The fourth-order valence-electron chi connectivity index (χ4n) is 3.12. The molecule has 0 aliphatic carbocycles. The maximum atomic E-state index is 11.7. The summed E-state index contributed by atoms with van der Waals surface area (Å²) in [4.78, 5) is 21.0. The molecule has 25 heavy (non-hydrogen) atoms. The van der Waals surface area contributed by atoms with Crippen LogP contribution in [0.4, 0.5) is 5.69 Å². The van der Waals surface area contributed by atoms with Crippen molar-refractivity contribution in [2.45, 2.75) is 27.3 Å². The highest BCUT2D eigenvalue weighted by atomic mass is 32.1. The molecule has 1 aliphatic rings. The van der Waals surface area contributed by atoms with E-state index in [1.807, 2.05) is 12.3 Å². The Balaban J connectivity index is 1.56. The van der Waals surface area contributed by atoms with E-state index in [1.165, 1.54) is 28.2 Å². The summed E-state index contributed by atoms with van der Waals surface area (Å²) in [5.74, 6) is -0.321. The molecule has 0 bridgehead atoms. The van der Waals surface area contributed by atoms with Crippen LogP contribution in [0.3, 0.4) is 0 Å². The van der Waals surface area contributed by atoms with E-state index in [9.17, 15) is 4.79 Å². The Kier molecular flexibility index (Phi) is 5.71. The molecule has 2 heterocycles. The molecule has 1 aliphatic heterocycles. The van der Waals surface area contributed by atoms with Gasteiger partial charge in [0.2, 0.25) is 5.01 Å². The normalized spacial score (nSPS) is 15.4. The van der Waals surface area contributed by atoms with Gasteiger partial charge in [-0.3, -0.25) is 4.90 Å². The standard InChI is InChI=1S/C19H25N3O2S/c1-4-24-19(23)18-20-16(13-25-18)12-21-8-10-22(11-9-21)17-7-5-6-14(2)15(17)3/h5-7,13H,4,8-12H2,1-3H3. The largest absolute Gasteiger partial charge is 0.461 e. The molecule has 134 valence electrons.